The fourth-order valence-electron chi connectivity index (χ4n) is 8.19. The van der Waals surface area contributed by atoms with Crippen molar-refractivity contribution in [2.45, 2.75) is 20.3 Å². The molecule has 61 heavy (non-hydrogen) atoms. The second-order valence-electron chi connectivity index (χ2n) is 15.1. The van der Waals surface area contributed by atoms with Crippen LogP contribution in [0.3, 0.4) is 0 Å². The molecule has 296 valence electrons. The second kappa shape index (κ2) is 18.0. The number of fused-ring (bicyclic) bond motifs is 6. The number of benzene rings is 9. The number of rotatable bonds is 7. The zero-order valence-corrected chi connectivity index (χ0v) is 34.8. The van der Waals surface area contributed by atoms with Crippen LogP contribution in [-0.2, 0) is 6.42 Å². The molecule has 0 bridgehead atoms. The Morgan fingerprint density at radius 1 is 0.525 bits per heavy atom. The predicted molar refractivity (Wildman–Crippen MR) is 262 cm³/mol. The van der Waals surface area contributed by atoms with Crippen LogP contribution < -0.4 is 4.74 Å². The zero-order valence-electron chi connectivity index (χ0n) is 34.8. The molecule has 0 spiro atoms. The van der Waals surface area contributed by atoms with E-state index in [1.807, 2.05) is 25.1 Å². The van der Waals surface area contributed by atoms with Gasteiger partial charge >= 0.3 is 0 Å². The summed E-state index contributed by atoms with van der Waals surface area (Å²) in [6.07, 6.45) is 8.98. The summed E-state index contributed by atoms with van der Waals surface area (Å²) in [5.74, 6) is 1.32. The molecule has 10 rings (SSSR count). The van der Waals surface area contributed by atoms with Gasteiger partial charge in [-0.1, -0.05) is 194 Å². The van der Waals surface area contributed by atoms with Crippen LogP contribution in [0, 0.1) is 19.8 Å². The maximum Gasteiger partial charge on any atom is 0.171 e. The largest absolute Gasteiger partial charge is 0.492 e. The van der Waals surface area contributed by atoms with Gasteiger partial charge in [0.15, 0.2) is 11.6 Å². The minimum atomic E-state index is 0. The molecule has 0 N–H and O–H groups in total. The molecule has 1 heterocycles. The highest BCUT2D eigenvalue weighted by Gasteiger charge is 2.21. The SMILES string of the molecule is C#C.C=C(C)c1ccc(-c2nc(-c3cc4ccccc4c4ccccc34)nc(-c3ccccc3)c2OC)cc1.Cc1ccccc1Cc1cc2ccccc2c2ccccc12.[HH]. The molecule has 0 aliphatic carbocycles. The Morgan fingerprint density at radius 2 is 1.00 bits per heavy atom. The number of nitrogens with zero attached hydrogens (tertiary/aromatic N) is 2. The molecule has 0 radical (unpaired) electrons. The van der Waals surface area contributed by atoms with E-state index in [9.17, 15) is 0 Å². The summed E-state index contributed by atoms with van der Waals surface area (Å²) >= 11 is 0. The Bertz CT molecular complexity index is 3210. The van der Waals surface area contributed by atoms with E-state index in [0.29, 0.717) is 11.6 Å². The lowest BCUT2D eigenvalue weighted by Crippen LogP contribution is -2.01. The van der Waals surface area contributed by atoms with Crippen molar-refractivity contribution >= 4 is 48.7 Å². The van der Waals surface area contributed by atoms with Gasteiger partial charge in [-0.2, -0.15) is 0 Å². The van der Waals surface area contributed by atoms with Crippen molar-refractivity contribution < 1.29 is 6.16 Å². The standard InChI is InChI=1S/C34H26N2O.C22H18.C2H2.H2/c1-22(2)23-17-19-25(20-18-23)32-33(37-3)31(24-11-5-4-6-12-24)35-34(36-32)30-21-26-13-7-8-14-27(26)28-15-9-10-16-29(28)30;1-16-8-2-3-9-17(16)14-19-15-18-10-4-5-11-20(18)22-13-7-6-12-21(19)22;1-2;/h4-21H,1H2,2-3H3;2-13,15H,14H2,1H3;1-2H;1H. The summed E-state index contributed by atoms with van der Waals surface area (Å²) in [4.78, 5) is 10.3. The monoisotopic (exact) mass is 788 g/mol. The summed E-state index contributed by atoms with van der Waals surface area (Å²) in [6.45, 7) is 8.28. The average molecular weight is 789 g/mol. The van der Waals surface area contributed by atoms with E-state index in [1.54, 1.807) is 7.11 Å². The highest BCUT2D eigenvalue weighted by molar-refractivity contribution is 6.13. The molecule has 0 saturated heterocycles. The Balaban J connectivity index is 0.000000197. The van der Waals surface area contributed by atoms with Gasteiger partial charge in [0.25, 0.3) is 0 Å². The van der Waals surface area contributed by atoms with E-state index in [0.717, 1.165) is 56.4 Å². The van der Waals surface area contributed by atoms with Crippen molar-refractivity contribution in [3.8, 4) is 52.5 Å². The van der Waals surface area contributed by atoms with Gasteiger partial charge in [0.05, 0.1) is 7.11 Å². The molecule has 1 aromatic heterocycles. The Hall–Kier alpha value is -7.80. The number of hydrogen-bond donors (Lipinski definition) is 0. The first-order chi connectivity index (χ1) is 30.0. The van der Waals surface area contributed by atoms with Crippen LogP contribution in [0.1, 0.15) is 30.6 Å². The van der Waals surface area contributed by atoms with E-state index in [1.165, 1.54) is 49.0 Å². The van der Waals surface area contributed by atoms with E-state index >= 15 is 0 Å². The minimum Gasteiger partial charge on any atom is -0.492 e. The summed E-state index contributed by atoms with van der Waals surface area (Å²) in [5, 5.41) is 10.1. The Morgan fingerprint density at radius 3 is 1.59 bits per heavy atom. The molecule has 3 nitrogen and oxygen atoms in total. The van der Waals surface area contributed by atoms with Crippen molar-refractivity contribution in [1.29, 1.82) is 0 Å². The molecule has 0 saturated carbocycles. The molecule has 3 heteroatoms. The maximum absolute atomic E-state index is 5.97. The number of methoxy groups -OCH3 is 1. The summed E-state index contributed by atoms with van der Waals surface area (Å²) in [7, 11) is 1.68. The molecule has 9 aromatic carbocycles. The van der Waals surface area contributed by atoms with Crippen molar-refractivity contribution in [1.82, 2.24) is 9.97 Å². The minimum absolute atomic E-state index is 0. The summed E-state index contributed by atoms with van der Waals surface area (Å²) < 4.78 is 5.97. The van der Waals surface area contributed by atoms with E-state index < -0.39 is 0 Å². The first-order valence-corrected chi connectivity index (χ1v) is 20.4. The van der Waals surface area contributed by atoms with Crippen molar-refractivity contribution in [3.63, 3.8) is 0 Å². The molecule has 10 aromatic rings. The number of allylic oxidation sites excluding steroid dienone is 1. The van der Waals surface area contributed by atoms with Gasteiger partial charge in [-0.05, 0) is 91.7 Å². The number of aromatic nitrogens is 2. The molecular weight excluding hydrogens is 741 g/mol. The number of hydrogen-bond acceptors (Lipinski definition) is 3. The topological polar surface area (TPSA) is 35.0 Å². The van der Waals surface area contributed by atoms with Crippen LogP contribution in [0.5, 0.6) is 5.75 Å². The quantitative estimate of drug-likeness (QED) is 0.119. The third-order valence-corrected chi connectivity index (χ3v) is 11.3. The normalized spacial score (nSPS) is 10.8. The number of terminal acetylenes is 1. The fraction of sp³-hybridized carbons (Fsp3) is 0.0690. The molecule has 0 aliphatic rings. The predicted octanol–water partition coefficient (Wildman–Crippen LogP) is 15.2. The molecule has 0 atom stereocenters. The van der Waals surface area contributed by atoms with Gasteiger partial charge in [-0.15, -0.1) is 12.8 Å². The van der Waals surface area contributed by atoms with Crippen LogP contribution in [0.4, 0.5) is 0 Å². The summed E-state index contributed by atoms with van der Waals surface area (Å²) in [5.41, 5.74) is 10.8. The van der Waals surface area contributed by atoms with Gasteiger partial charge in [0.2, 0.25) is 0 Å². The molecular formula is C58H48N2O. The summed E-state index contributed by atoms with van der Waals surface area (Å²) in [6, 6.07) is 66.0. The van der Waals surface area contributed by atoms with Crippen LogP contribution in [0.25, 0.3) is 82.6 Å². The zero-order chi connectivity index (χ0) is 42.3. The van der Waals surface area contributed by atoms with Gasteiger partial charge in [0, 0.05) is 18.1 Å². The fourth-order valence-corrected chi connectivity index (χ4v) is 8.19. The Labute approximate surface area is 360 Å². The Kier molecular flexibility index (Phi) is 11.8. The van der Waals surface area contributed by atoms with Crippen molar-refractivity contribution in [2.75, 3.05) is 7.11 Å². The first-order valence-electron chi connectivity index (χ1n) is 20.4. The second-order valence-corrected chi connectivity index (χ2v) is 15.1. The van der Waals surface area contributed by atoms with Crippen molar-refractivity contribution in [2.24, 2.45) is 0 Å². The van der Waals surface area contributed by atoms with Gasteiger partial charge in [-0.25, -0.2) is 9.97 Å². The molecule has 0 aliphatic heterocycles. The third-order valence-electron chi connectivity index (χ3n) is 11.3. The first kappa shape index (κ1) is 40.0. The van der Waals surface area contributed by atoms with E-state index in [-0.39, 0.29) is 1.43 Å². The maximum atomic E-state index is 5.97. The third kappa shape index (κ3) is 8.13. The highest BCUT2D eigenvalue weighted by atomic mass is 16.5. The van der Waals surface area contributed by atoms with Crippen molar-refractivity contribution in [3.05, 3.63) is 217 Å². The lowest BCUT2D eigenvalue weighted by molar-refractivity contribution is 0.415. The number of ether oxygens (including phenoxy) is 1. The van der Waals surface area contributed by atoms with Crippen LogP contribution in [0.15, 0.2) is 195 Å². The average Bonchev–Trinajstić information content (AvgIpc) is 3.33. The lowest BCUT2D eigenvalue weighted by Gasteiger charge is -2.17. The molecule has 0 amide bonds. The van der Waals surface area contributed by atoms with Gasteiger partial charge < -0.3 is 4.74 Å². The van der Waals surface area contributed by atoms with Crippen LogP contribution >= 0.6 is 0 Å². The smallest absolute Gasteiger partial charge is 0.171 e. The van der Waals surface area contributed by atoms with Crippen LogP contribution in [0.2, 0.25) is 0 Å². The van der Waals surface area contributed by atoms with Crippen LogP contribution in [-0.4, -0.2) is 17.1 Å². The highest BCUT2D eigenvalue weighted by Crippen LogP contribution is 2.41. The van der Waals surface area contributed by atoms with E-state index in [4.69, 9.17) is 14.7 Å². The number of aryl methyl sites for hydroxylation is 1. The lowest BCUT2D eigenvalue weighted by atomic mass is 9.92. The van der Waals surface area contributed by atoms with E-state index in [2.05, 4.69) is 196 Å². The molecule has 0 unspecified atom stereocenters. The van der Waals surface area contributed by atoms with Gasteiger partial charge in [0.1, 0.15) is 11.4 Å². The van der Waals surface area contributed by atoms with Gasteiger partial charge in [-0.3, -0.25) is 0 Å². The molecule has 0 fully saturated rings.